The van der Waals surface area contributed by atoms with Gasteiger partial charge in [-0.2, -0.15) is 0 Å². The molecular formula is C7H5ClF3NOS. The molecule has 0 fully saturated rings. The van der Waals surface area contributed by atoms with Crippen LogP contribution in [-0.4, -0.2) is 6.36 Å². The Morgan fingerprint density at radius 2 is 1.93 bits per heavy atom. The van der Waals surface area contributed by atoms with Crippen molar-refractivity contribution in [2.45, 2.75) is 11.3 Å². The predicted octanol–water partition coefficient (Wildman–Crippen LogP) is 3.11. The van der Waals surface area contributed by atoms with Gasteiger partial charge in [0, 0.05) is 4.90 Å². The predicted molar refractivity (Wildman–Crippen MR) is 49.8 cm³/mol. The molecule has 0 aliphatic heterocycles. The van der Waals surface area contributed by atoms with Gasteiger partial charge < -0.3 is 10.5 Å². The van der Waals surface area contributed by atoms with Crippen LogP contribution < -0.4 is 10.5 Å². The molecule has 0 saturated carbocycles. The maximum Gasteiger partial charge on any atom is 0.573 e. The van der Waals surface area contributed by atoms with E-state index >= 15 is 0 Å². The molecule has 78 valence electrons. The van der Waals surface area contributed by atoms with Crippen molar-refractivity contribution in [3.63, 3.8) is 0 Å². The van der Waals surface area contributed by atoms with Crippen LogP contribution in [0.1, 0.15) is 0 Å². The molecule has 14 heavy (non-hydrogen) atoms. The van der Waals surface area contributed by atoms with E-state index in [9.17, 15) is 13.2 Å². The summed E-state index contributed by atoms with van der Waals surface area (Å²) in [6, 6.07) is 2.61. The lowest BCUT2D eigenvalue weighted by molar-refractivity contribution is -0.274. The first-order valence-corrected chi connectivity index (χ1v) is 4.16. The molecule has 0 spiro atoms. The zero-order valence-corrected chi connectivity index (χ0v) is 8.25. The first-order chi connectivity index (χ1) is 6.31. The molecule has 0 saturated heterocycles. The largest absolute Gasteiger partial charge is 0.573 e. The Balaban J connectivity index is 3.13. The summed E-state index contributed by atoms with van der Waals surface area (Å²) in [7, 11) is 0. The van der Waals surface area contributed by atoms with E-state index < -0.39 is 12.1 Å². The number of benzene rings is 1. The second-order valence-electron chi connectivity index (χ2n) is 2.36. The number of halogens is 4. The van der Waals surface area contributed by atoms with Crippen LogP contribution in [0.25, 0.3) is 0 Å². The number of thiol groups is 1. The zero-order valence-electron chi connectivity index (χ0n) is 6.60. The molecule has 1 aromatic rings. The van der Waals surface area contributed by atoms with Crippen LogP contribution in [0.3, 0.4) is 0 Å². The van der Waals surface area contributed by atoms with Crippen LogP contribution in [0.15, 0.2) is 17.0 Å². The van der Waals surface area contributed by atoms with Gasteiger partial charge in [0.25, 0.3) is 0 Å². The van der Waals surface area contributed by atoms with Crippen molar-refractivity contribution < 1.29 is 17.9 Å². The van der Waals surface area contributed by atoms with Gasteiger partial charge in [-0.05, 0) is 12.1 Å². The quantitative estimate of drug-likeness (QED) is 0.587. The highest BCUT2D eigenvalue weighted by Crippen LogP contribution is 2.38. The third kappa shape index (κ3) is 2.62. The molecule has 7 heteroatoms. The van der Waals surface area contributed by atoms with Crippen LogP contribution in [0, 0.1) is 0 Å². The van der Waals surface area contributed by atoms with Gasteiger partial charge in [-0.1, -0.05) is 11.6 Å². The molecule has 2 N–H and O–H groups in total. The van der Waals surface area contributed by atoms with Crippen molar-refractivity contribution in [1.29, 1.82) is 0 Å². The molecule has 0 radical (unpaired) electrons. The average Bonchev–Trinajstić information content (AvgIpc) is 2.04. The van der Waals surface area contributed by atoms with E-state index in [-0.39, 0.29) is 15.6 Å². The van der Waals surface area contributed by atoms with E-state index in [4.69, 9.17) is 17.3 Å². The second kappa shape index (κ2) is 3.78. The number of hydrogen-bond acceptors (Lipinski definition) is 3. The fraction of sp³-hybridized carbons (Fsp3) is 0.143. The molecule has 0 bridgehead atoms. The van der Waals surface area contributed by atoms with Crippen molar-refractivity contribution >= 4 is 29.9 Å². The molecule has 0 aliphatic rings. The van der Waals surface area contributed by atoms with E-state index in [0.29, 0.717) is 0 Å². The Labute approximate surface area is 88.2 Å². The van der Waals surface area contributed by atoms with Gasteiger partial charge in [0.15, 0.2) is 5.75 Å². The summed E-state index contributed by atoms with van der Waals surface area (Å²) in [5, 5.41) is -0.259. The number of nitrogens with two attached hydrogens (primary N) is 1. The normalized spacial score (nSPS) is 11.5. The van der Waals surface area contributed by atoms with Crippen LogP contribution in [0.2, 0.25) is 5.02 Å². The maximum atomic E-state index is 11.9. The smallest absolute Gasteiger partial charge is 0.402 e. The average molecular weight is 244 g/mol. The SMILES string of the molecule is Nc1ccc(S)c(Cl)c1OC(F)(F)F. The highest BCUT2D eigenvalue weighted by molar-refractivity contribution is 7.80. The van der Waals surface area contributed by atoms with E-state index in [1.54, 1.807) is 0 Å². The molecule has 0 aliphatic carbocycles. The van der Waals surface area contributed by atoms with Gasteiger partial charge in [-0.15, -0.1) is 25.8 Å². The van der Waals surface area contributed by atoms with Crippen LogP contribution in [0.5, 0.6) is 5.75 Å². The van der Waals surface area contributed by atoms with Gasteiger partial charge in [0.1, 0.15) is 0 Å². The zero-order chi connectivity index (χ0) is 10.9. The van der Waals surface area contributed by atoms with Crippen molar-refractivity contribution in [2.75, 3.05) is 5.73 Å². The number of alkyl halides is 3. The molecular weight excluding hydrogens is 239 g/mol. The summed E-state index contributed by atoms with van der Waals surface area (Å²) in [4.78, 5) is 0.167. The molecule has 1 aromatic carbocycles. The van der Waals surface area contributed by atoms with Crippen LogP contribution in [0.4, 0.5) is 18.9 Å². The maximum absolute atomic E-state index is 11.9. The Bertz CT molecular complexity index is 356. The van der Waals surface area contributed by atoms with Gasteiger partial charge in [-0.25, -0.2) is 0 Å². The molecule has 0 heterocycles. The molecule has 0 atom stereocenters. The number of rotatable bonds is 1. The minimum atomic E-state index is -4.82. The van der Waals surface area contributed by atoms with Crippen molar-refractivity contribution in [3.8, 4) is 5.75 Å². The van der Waals surface area contributed by atoms with E-state index in [1.807, 2.05) is 0 Å². The van der Waals surface area contributed by atoms with Crippen molar-refractivity contribution in [3.05, 3.63) is 17.2 Å². The molecule has 2 nitrogen and oxygen atoms in total. The third-order valence-electron chi connectivity index (χ3n) is 1.32. The topological polar surface area (TPSA) is 35.2 Å². The third-order valence-corrected chi connectivity index (χ3v) is 2.20. The summed E-state index contributed by atoms with van der Waals surface area (Å²) >= 11 is 9.35. The number of anilines is 1. The summed E-state index contributed by atoms with van der Waals surface area (Å²) < 4.78 is 39.3. The lowest BCUT2D eigenvalue weighted by Gasteiger charge is -2.13. The summed E-state index contributed by atoms with van der Waals surface area (Å²) in [5.41, 5.74) is 5.06. The molecule has 0 amide bonds. The van der Waals surface area contributed by atoms with Gasteiger partial charge in [0.2, 0.25) is 0 Å². The van der Waals surface area contributed by atoms with Crippen molar-refractivity contribution in [1.82, 2.24) is 0 Å². The number of ether oxygens (including phenoxy) is 1. The second-order valence-corrected chi connectivity index (χ2v) is 3.22. The summed E-state index contributed by atoms with van der Waals surface area (Å²) in [6.45, 7) is 0. The Morgan fingerprint density at radius 3 is 2.43 bits per heavy atom. The summed E-state index contributed by atoms with van der Waals surface area (Å²) in [5.74, 6) is -0.619. The standard InChI is InChI=1S/C7H5ClF3NOS/c8-5-4(14)2-1-3(12)6(5)13-7(9,10)11/h1-2,14H,12H2. The Kier molecular flexibility index (Phi) is 3.06. The Hall–Kier alpha value is -0.750. The summed E-state index contributed by atoms with van der Waals surface area (Å²) in [6.07, 6.45) is -4.82. The molecule has 1 rings (SSSR count). The minimum Gasteiger partial charge on any atom is -0.402 e. The highest BCUT2D eigenvalue weighted by Gasteiger charge is 2.33. The van der Waals surface area contributed by atoms with Gasteiger partial charge >= 0.3 is 6.36 Å². The Morgan fingerprint density at radius 1 is 1.36 bits per heavy atom. The van der Waals surface area contributed by atoms with Gasteiger partial charge in [0.05, 0.1) is 10.7 Å². The van der Waals surface area contributed by atoms with Crippen molar-refractivity contribution in [2.24, 2.45) is 0 Å². The van der Waals surface area contributed by atoms with Gasteiger partial charge in [-0.3, -0.25) is 0 Å². The fourth-order valence-corrected chi connectivity index (χ4v) is 1.17. The first-order valence-electron chi connectivity index (χ1n) is 3.34. The lowest BCUT2D eigenvalue weighted by atomic mass is 10.3. The van der Waals surface area contributed by atoms with E-state index in [1.165, 1.54) is 12.1 Å². The van der Waals surface area contributed by atoms with E-state index in [0.717, 1.165) is 0 Å². The van der Waals surface area contributed by atoms with Crippen LogP contribution in [-0.2, 0) is 0 Å². The first kappa shape index (κ1) is 11.3. The lowest BCUT2D eigenvalue weighted by Crippen LogP contribution is -2.18. The number of nitrogen functional groups attached to an aromatic ring is 1. The highest BCUT2D eigenvalue weighted by atomic mass is 35.5. The molecule has 0 unspecified atom stereocenters. The fourth-order valence-electron chi connectivity index (χ4n) is 0.780. The van der Waals surface area contributed by atoms with Crippen LogP contribution >= 0.6 is 24.2 Å². The number of hydrogen-bond donors (Lipinski definition) is 2. The van der Waals surface area contributed by atoms with E-state index in [2.05, 4.69) is 17.4 Å². The molecule has 0 aromatic heterocycles. The monoisotopic (exact) mass is 243 g/mol. The minimum absolute atomic E-state index is 0.167.